The first-order valence-electron chi connectivity index (χ1n) is 8.23. The molecule has 1 unspecified atom stereocenters. The highest BCUT2D eigenvalue weighted by atomic mass is 79.9. The van der Waals surface area contributed by atoms with Gasteiger partial charge in [-0.3, -0.25) is 14.2 Å². The van der Waals surface area contributed by atoms with Crippen molar-refractivity contribution in [2.24, 2.45) is 0 Å². The Morgan fingerprint density at radius 1 is 1.13 bits per heavy atom. The van der Waals surface area contributed by atoms with E-state index in [1.165, 1.54) is 25.1 Å². The maximum atomic E-state index is 12.0. The molecule has 2 aromatic rings. The summed E-state index contributed by atoms with van der Waals surface area (Å²) in [5.74, 6) is -0.365. The van der Waals surface area contributed by atoms with E-state index >= 15 is 0 Å². The van der Waals surface area contributed by atoms with Gasteiger partial charge in [-0.1, -0.05) is 57.3 Å². The topological polar surface area (TPSA) is 157 Å². The molecule has 0 fully saturated rings. The minimum absolute atomic E-state index is 0. The summed E-state index contributed by atoms with van der Waals surface area (Å²) in [7, 11) is -4.50. The van der Waals surface area contributed by atoms with Crippen LogP contribution in [0.5, 0.6) is 0 Å². The van der Waals surface area contributed by atoms with E-state index in [2.05, 4.69) is 15.9 Å². The van der Waals surface area contributed by atoms with Crippen LogP contribution in [0, 0.1) is 0 Å². The molecule has 8 N–H and O–H groups in total. The van der Waals surface area contributed by atoms with E-state index in [9.17, 15) is 19.1 Å². The van der Waals surface area contributed by atoms with Crippen molar-refractivity contribution in [2.45, 2.75) is 25.6 Å². The minimum atomic E-state index is -4.50. The van der Waals surface area contributed by atoms with Gasteiger partial charge in [-0.2, -0.15) is 0 Å². The maximum Gasteiger partial charge on any atom is 0.333 e. The van der Waals surface area contributed by atoms with E-state index in [0.717, 1.165) is 15.1 Å². The molecule has 2 aromatic carbocycles. The normalized spacial score (nSPS) is 11.8. The van der Waals surface area contributed by atoms with Crippen molar-refractivity contribution in [3.63, 3.8) is 0 Å². The molecule has 0 aliphatic carbocycles. The lowest BCUT2D eigenvalue weighted by molar-refractivity contribution is -0.189. The van der Waals surface area contributed by atoms with E-state index < -0.39 is 13.3 Å². The molecule has 0 aromatic heterocycles. The Balaban J connectivity index is 0.00000420. The zero-order valence-electron chi connectivity index (χ0n) is 16.3. The van der Waals surface area contributed by atoms with Gasteiger partial charge in [-0.15, -0.1) is 0 Å². The molecule has 2 rings (SSSR count). The largest absolute Gasteiger partial charge is 0.344 e. The van der Waals surface area contributed by atoms with E-state index in [4.69, 9.17) is 28.0 Å². The molecule has 0 saturated carbocycles. The van der Waals surface area contributed by atoms with Crippen molar-refractivity contribution in [3.05, 3.63) is 68.1 Å². The molecule has 0 spiro atoms. The molecule has 1 amide bonds. The number of halogens is 3. The summed E-state index contributed by atoms with van der Waals surface area (Å²) in [5.41, 5.74) is 0.0602. The Morgan fingerprint density at radius 3 is 2.23 bits per heavy atom. The van der Waals surface area contributed by atoms with Crippen molar-refractivity contribution in [1.29, 1.82) is 0 Å². The summed E-state index contributed by atoms with van der Waals surface area (Å²) < 4.78 is 12.9. The van der Waals surface area contributed by atoms with Gasteiger partial charge in [0.15, 0.2) is 0 Å². The first-order valence-corrected chi connectivity index (χ1v) is 11.5. The second kappa shape index (κ2) is 12.8. The zero-order chi connectivity index (χ0) is 20.9. The molecule has 0 aliphatic rings. The number of hydroxylamine groups is 2. The summed E-state index contributed by atoms with van der Waals surface area (Å²) >= 11 is 15.2. The third-order valence-electron chi connectivity index (χ3n) is 3.99. The second-order valence-electron chi connectivity index (χ2n) is 6.09. The van der Waals surface area contributed by atoms with Crippen LogP contribution in [-0.2, 0) is 20.8 Å². The summed E-state index contributed by atoms with van der Waals surface area (Å²) in [5, 5.41) is 1.59. The predicted molar refractivity (Wildman–Crippen MR) is 122 cm³/mol. The summed E-state index contributed by atoms with van der Waals surface area (Å²) in [6.07, 6.45) is -0.0117. The Bertz CT molecular complexity index is 883. The van der Waals surface area contributed by atoms with Crippen LogP contribution in [0.25, 0.3) is 0 Å². The van der Waals surface area contributed by atoms with Gasteiger partial charge in [0.05, 0.1) is 15.7 Å². The molecule has 30 heavy (non-hydrogen) atoms. The van der Waals surface area contributed by atoms with Gasteiger partial charge in [0.2, 0.25) is 5.91 Å². The number of carbonyl (C=O) groups is 1. The molecule has 12 heteroatoms. The van der Waals surface area contributed by atoms with Crippen LogP contribution in [-0.4, -0.2) is 27.3 Å². The standard InChI is InChI=1S/C18H19BrCl2NO5P.2H3N/c1-12(23)22(27-11-13-2-5-15(19)6-3-13)9-8-18(28(24,25)26)14-4-7-16(20)17(21)10-14;;/h2-7,10,18H,8-9,11H2,1H3,(H2,24,25,26);2*1H3. The van der Waals surface area contributed by atoms with E-state index in [1.807, 2.05) is 24.3 Å². The number of hydrogen-bond donors (Lipinski definition) is 4. The van der Waals surface area contributed by atoms with Crippen LogP contribution in [0.2, 0.25) is 10.0 Å². The fourth-order valence-electron chi connectivity index (χ4n) is 2.53. The fourth-order valence-corrected chi connectivity index (χ4v) is 4.11. The van der Waals surface area contributed by atoms with Crippen LogP contribution < -0.4 is 12.3 Å². The van der Waals surface area contributed by atoms with Gasteiger partial charge < -0.3 is 22.1 Å². The number of hydrogen-bond acceptors (Lipinski definition) is 5. The van der Waals surface area contributed by atoms with Gasteiger partial charge in [-0.05, 0) is 41.8 Å². The highest BCUT2D eigenvalue weighted by molar-refractivity contribution is 9.10. The number of amides is 1. The van der Waals surface area contributed by atoms with E-state index in [0.29, 0.717) is 5.56 Å². The molecule has 168 valence electrons. The third kappa shape index (κ3) is 8.63. The smallest absolute Gasteiger partial charge is 0.333 e. The molecule has 0 bridgehead atoms. The fraction of sp³-hybridized carbons (Fsp3) is 0.278. The Labute approximate surface area is 193 Å². The van der Waals surface area contributed by atoms with Crippen molar-refractivity contribution in [3.8, 4) is 0 Å². The van der Waals surface area contributed by atoms with Crippen LogP contribution in [0.3, 0.4) is 0 Å². The highest BCUT2D eigenvalue weighted by Crippen LogP contribution is 2.54. The van der Waals surface area contributed by atoms with Crippen molar-refractivity contribution >= 4 is 52.6 Å². The third-order valence-corrected chi connectivity index (χ3v) is 6.63. The Morgan fingerprint density at radius 2 is 1.73 bits per heavy atom. The van der Waals surface area contributed by atoms with Crippen molar-refractivity contribution < 1.29 is 24.0 Å². The Kier molecular flexibility index (Phi) is 12.3. The zero-order valence-corrected chi connectivity index (χ0v) is 20.3. The molecule has 0 aliphatic heterocycles. The predicted octanol–water partition coefficient (Wildman–Crippen LogP) is 5.67. The lowest BCUT2D eigenvalue weighted by Crippen LogP contribution is -2.30. The monoisotopic (exact) mass is 543 g/mol. The Hall–Kier alpha value is -1.00. The van der Waals surface area contributed by atoms with E-state index in [1.54, 1.807) is 0 Å². The lowest BCUT2D eigenvalue weighted by atomic mass is 10.1. The molecule has 8 nitrogen and oxygen atoms in total. The van der Waals surface area contributed by atoms with Gasteiger partial charge >= 0.3 is 7.60 Å². The molecule has 0 radical (unpaired) electrons. The molecular formula is C18H25BrCl2N3O5P. The molecular weight excluding hydrogens is 520 g/mol. The average molecular weight is 545 g/mol. The van der Waals surface area contributed by atoms with Crippen LogP contribution in [0.4, 0.5) is 0 Å². The maximum absolute atomic E-state index is 12.0. The number of nitrogens with zero attached hydrogens (tertiary/aromatic N) is 1. The van der Waals surface area contributed by atoms with E-state index in [-0.39, 0.29) is 47.8 Å². The van der Waals surface area contributed by atoms with Gasteiger partial charge in [0.1, 0.15) is 6.61 Å². The number of carbonyl (C=O) groups excluding carboxylic acids is 1. The molecule has 0 heterocycles. The van der Waals surface area contributed by atoms with Crippen LogP contribution in [0.1, 0.15) is 30.1 Å². The number of rotatable bonds is 8. The lowest BCUT2D eigenvalue weighted by Gasteiger charge is -2.24. The van der Waals surface area contributed by atoms with Gasteiger partial charge in [-0.25, -0.2) is 5.06 Å². The van der Waals surface area contributed by atoms with Gasteiger partial charge in [0, 0.05) is 17.9 Å². The first kappa shape index (κ1) is 29.0. The average Bonchev–Trinajstić information content (AvgIpc) is 2.60. The number of benzene rings is 2. The highest BCUT2D eigenvalue weighted by Gasteiger charge is 2.31. The van der Waals surface area contributed by atoms with Gasteiger partial charge in [0.25, 0.3) is 0 Å². The molecule has 1 atom stereocenters. The summed E-state index contributed by atoms with van der Waals surface area (Å²) in [4.78, 5) is 36.9. The quantitative estimate of drug-likeness (QED) is 0.246. The first-order chi connectivity index (χ1) is 13.1. The minimum Gasteiger partial charge on any atom is -0.344 e. The van der Waals surface area contributed by atoms with Crippen LogP contribution in [0.15, 0.2) is 46.9 Å². The second-order valence-corrected chi connectivity index (χ2v) is 9.62. The summed E-state index contributed by atoms with van der Waals surface area (Å²) in [6, 6.07) is 11.8. The van der Waals surface area contributed by atoms with Crippen LogP contribution >= 0.6 is 46.7 Å². The SMILES string of the molecule is CC(=O)N(CCC(c1ccc(Cl)c(Cl)c1)P(=O)(O)O)OCc1ccc(Br)cc1.N.N. The van der Waals surface area contributed by atoms with Crippen molar-refractivity contribution in [2.75, 3.05) is 6.54 Å². The molecule has 0 saturated heterocycles. The van der Waals surface area contributed by atoms with Crippen molar-refractivity contribution in [1.82, 2.24) is 17.4 Å². The summed E-state index contributed by atoms with van der Waals surface area (Å²) in [6.45, 7) is 1.48.